The minimum Gasteiger partial charge on any atom is -0.360 e. The van der Waals surface area contributed by atoms with Gasteiger partial charge in [-0.05, 0) is 19.3 Å². The summed E-state index contributed by atoms with van der Waals surface area (Å²) < 4.78 is 5.24. The number of hydrogen-bond acceptors (Lipinski definition) is 3. The van der Waals surface area contributed by atoms with Gasteiger partial charge in [-0.25, -0.2) is 0 Å². The van der Waals surface area contributed by atoms with Crippen molar-refractivity contribution in [2.75, 3.05) is 6.54 Å². The number of likely N-dealkylation sites (tertiary alicyclic amines) is 1. The van der Waals surface area contributed by atoms with Crippen molar-refractivity contribution in [2.24, 2.45) is 0 Å². The number of carbonyl (C=O) groups is 1. The Labute approximate surface area is 115 Å². The van der Waals surface area contributed by atoms with Gasteiger partial charge in [0.1, 0.15) is 5.76 Å². The van der Waals surface area contributed by atoms with Crippen molar-refractivity contribution in [1.29, 1.82) is 0 Å². The summed E-state index contributed by atoms with van der Waals surface area (Å²) >= 11 is 0. The lowest BCUT2D eigenvalue weighted by atomic mass is 10.1. The van der Waals surface area contributed by atoms with Crippen LogP contribution >= 0.6 is 0 Å². The maximum absolute atomic E-state index is 12.6. The molecule has 4 heteroatoms. The molecule has 106 valence electrons. The first-order valence-corrected chi connectivity index (χ1v) is 7.41. The van der Waals surface area contributed by atoms with E-state index in [1.165, 1.54) is 12.8 Å². The molecule has 0 N–H and O–H groups in total. The molecule has 1 fully saturated rings. The Hall–Kier alpha value is -1.32. The molecule has 19 heavy (non-hydrogen) atoms. The number of nitrogens with zero attached hydrogens (tertiary/aromatic N) is 2. The molecule has 1 saturated heterocycles. The highest BCUT2D eigenvalue weighted by molar-refractivity contribution is 5.92. The number of carbonyl (C=O) groups excluding carboxylic acids is 1. The average molecular weight is 264 g/mol. The smallest absolute Gasteiger partial charge is 0.276 e. The molecule has 0 aliphatic carbocycles. The van der Waals surface area contributed by atoms with Gasteiger partial charge < -0.3 is 9.42 Å². The predicted molar refractivity (Wildman–Crippen MR) is 74.2 cm³/mol. The van der Waals surface area contributed by atoms with Crippen molar-refractivity contribution in [3.63, 3.8) is 0 Å². The first-order valence-electron chi connectivity index (χ1n) is 7.41. The SMILES string of the molecule is CCC1CCCCCN1C(=O)c1cc(C(C)C)on1. The fourth-order valence-electron chi connectivity index (χ4n) is 2.68. The van der Waals surface area contributed by atoms with Gasteiger partial charge in [0, 0.05) is 24.6 Å². The summed E-state index contributed by atoms with van der Waals surface area (Å²) in [5, 5.41) is 3.95. The van der Waals surface area contributed by atoms with E-state index >= 15 is 0 Å². The molecule has 0 saturated carbocycles. The Morgan fingerprint density at radius 3 is 2.89 bits per heavy atom. The number of hydrogen-bond donors (Lipinski definition) is 0. The monoisotopic (exact) mass is 264 g/mol. The van der Waals surface area contributed by atoms with Crippen LogP contribution in [0, 0.1) is 0 Å². The van der Waals surface area contributed by atoms with Crippen LogP contribution in [0.3, 0.4) is 0 Å². The summed E-state index contributed by atoms with van der Waals surface area (Å²) in [6, 6.07) is 2.15. The maximum atomic E-state index is 12.6. The highest BCUT2D eigenvalue weighted by Crippen LogP contribution is 2.22. The van der Waals surface area contributed by atoms with Gasteiger partial charge in [0.05, 0.1) is 0 Å². The van der Waals surface area contributed by atoms with E-state index in [0.717, 1.165) is 31.6 Å². The van der Waals surface area contributed by atoms with E-state index in [2.05, 4.69) is 12.1 Å². The van der Waals surface area contributed by atoms with Gasteiger partial charge in [0.2, 0.25) is 0 Å². The summed E-state index contributed by atoms with van der Waals surface area (Å²) in [7, 11) is 0. The van der Waals surface area contributed by atoms with E-state index in [-0.39, 0.29) is 11.8 Å². The van der Waals surface area contributed by atoms with E-state index in [9.17, 15) is 4.79 Å². The molecule has 4 nitrogen and oxygen atoms in total. The standard InChI is InChI=1S/C15H24N2O2/c1-4-12-8-6-5-7-9-17(12)15(18)13-10-14(11(2)3)19-16-13/h10-12H,4-9H2,1-3H3. The number of aromatic nitrogens is 1. The molecule has 1 aliphatic heterocycles. The Morgan fingerprint density at radius 1 is 1.47 bits per heavy atom. The molecule has 1 aromatic heterocycles. The molecule has 2 heterocycles. The van der Waals surface area contributed by atoms with Crippen molar-refractivity contribution >= 4 is 5.91 Å². The van der Waals surface area contributed by atoms with Crippen molar-refractivity contribution in [1.82, 2.24) is 10.1 Å². The molecule has 2 rings (SSSR count). The molecule has 1 aromatic rings. The van der Waals surface area contributed by atoms with E-state index in [4.69, 9.17) is 4.52 Å². The number of rotatable bonds is 3. The average Bonchev–Trinajstić information content (AvgIpc) is 2.77. The highest BCUT2D eigenvalue weighted by atomic mass is 16.5. The van der Waals surface area contributed by atoms with Gasteiger partial charge in [-0.2, -0.15) is 0 Å². The molecule has 0 radical (unpaired) electrons. The Bertz CT molecular complexity index is 426. The maximum Gasteiger partial charge on any atom is 0.276 e. The van der Waals surface area contributed by atoms with Gasteiger partial charge in [-0.3, -0.25) is 4.79 Å². The molecule has 1 unspecified atom stereocenters. The summed E-state index contributed by atoms with van der Waals surface area (Å²) in [6.07, 6.45) is 5.66. The Balaban J connectivity index is 2.15. The highest BCUT2D eigenvalue weighted by Gasteiger charge is 2.27. The third-order valence-electron chi connectivity index (χ3n) is 3.93. The Morgan fingerprint density at radius 2 is 2.26 bits per heavy atom. The lowest BCUT2D eigenvalue weighted by Gasteiger charge is -2.28. The zero-order valence-electron chi connectivity index (χ0n) is 12.2. The quantitative estimate of drug-likeness (QED) is 0.838. The second-order valence-electron chi connectivity index (χ2n) is 5.68. The molecule has 1 atom stereocenters. The van der Waals surface area contributed by atoms with E-state index in [0.29, 0.717) is 11.7 Å². The predicted octanol–water partition coefficient (Wildman–Crippen LogP) is 3.59. The molecule has 0 bridgehead atoms. The lowest BCUT2D eigenvalue weighted by Crippen LogP contribution is -2.39. The van der Waals surface area contributed by atoms with Crippen molar-refractivity contribution in [2.45, 2.75) is 64.8 Å². The van der Waals surface area contributed by atoms with Crippen LogP contribution in [0.2, 0.25) is 0 Å². The molecular weight excluding hydrogens is 240 g/mol. The summed E-state index contributed by atoms with van der Waals surface area (Å²) in [4.78, 5) is 14.6. The minimum atomic E-state index is 0.0319. The first-order chi connectivity index (χ1) is 9.13. The van der Waals surface area contributed by atoms with Crippen LogP contribution in [-0.4, -0.2) is 28.6 Å². The fraction of sp³-hybridized carbons (Fsp3) is 0.733. The molecule has 1 aliphatic rings. The molecular formula is C15H24N2O2. The van der Waals surface area contributed by atoms with Gasteiger partial charge >= 0.3 is 0 Å². The third-order valence-corrected chi connectivity index (χ3v) is 3.93. The van der Waals surface area contributed by atoms with Crippen molar-refractivity contribution < 1.29 is 9.32 Å². The van der Waals surface area contributed by atoms with Crippen LogP contribution in [0.1, 0.15) is 75.0 Å². The number of amides is 1. The summed E-state index contributed by atoms with van der Waals surface area (Å²) in [5.41, 5.74) is 0.462. The van der Waals surface area contributed by atoms with Crippen LogP contribution in [0.15, 0.2) is 10.6 Å². The van der Waals surface area contributed by atoms with Crippen LogP contribution in [0.5, 0.6) is 0 Å². The van der Waals surface area contributed by atoms with Gasteiger partial charge in [0.15, 0.2) is 5.69 Å². The topological polar surface area (TPSA) is 46.3 Å². The Kier molecular flexibility index (Phi) is 4.61. The normalized spacial score (nSPS) is 20.6. The zero-order chi connectivity index (χ0) is 13.8. The summed E-state index contributed by atoms with van der Waals surface area (Å²) in [5.74, 6) is 1.08. The van der Waals surface area contributed by atoms with Gasteiger partial charge in [0.25, 0.3) is 5.91 Å². The van der Waals surface area contributed by atoms with Crippen molar-refractivity contribution in [3.8, 4) is 0 Å². The minimum absolute atomic E-state index is 0.0319. The lowest BCUT2D eigenvalue weighted by molar-refractivity contribution is 0.0667. The van der Waals surface area contributed by atoms with Crippen LogP contribution in [0.4, 0.5) is 0 Å². The second kappa shape index (κ2) is 6.22. The summed E-state index contributed by atoms with van der Waals surface area (Å²) in [6.45, 7) is 7.07. The molecule has 0 spiro atoms. The van der Waals surface area contributed by atoms with Crippen LogP contribution in [0.25, 0.3) is 0 Å². The van der Waals surface area contributed by atoms with Crippen LogP contribution < -0.4 is 0 Å². The second-order valence-corrected chi connectivity index (χ2v) is 5.68. The largest absolute Gasteiger partial charge is 0.360 e. The van der Waals surface area contributed by atoms with Crippen LogP contribution in [-0.2, 0) is 0 Å². The molecule has 1 amide bonds. The van der Waals surface area contributed by atoms with Gasteiger partial charge in [-0.15, -0.1) is 0 Å². The van der Waals surface area contributed by atoms with E-state index in [1.54, 1.807) is 6.07 Å². The van der Waals surface area contributed by atoms with E-state index in [1.807, 2.05) is 18.7 Å². The van der Waals surface area contributed by atoms with E-state index < -0.39 is 0 Å². The first kappa shape index (κ1) is 14.1. The van der Waals surface area contributed by atoms with Gasteiger partial charge in [-0.1, -0.05) is 38.8 Å². The zero-order valence-corrected chi connectivity index (χ0v) is 12.2. The molecule has 0 aromatic carbocycles. The van der Waals surface area contributed by atoms with Crippen molar-refractivity contribution in [3.05, 3.63) is 17.5 Å². The fourth-order valence-corrected chi connectivity index (χ4v) is 2.68. The third kappa shape index (κ3) is 3.17.